The maximum Gasteiger partial charge on any atom is 0.00694 e. The Labute approximate surface area is 84.1 Å². The van der Waals surface area contributed by atoms with E-state index in [0.29, 0.717) is 6.04 Å². The molecule has 0 rings (SSSR count). The lowest BCUT2D eigenvalue weighted by Gasteiger charge is -2.23. The van der Waals surface area contributed by atoms with Crippen LogP contribution < -0.4 is 5.73 Å². The second kappa shape index (κ2) is 7.37. The highest BCUT2D eigenvalue weighted by Gasteiger charge is 2.16. The number of nitrogens with two attached hydrogens (primary N) is 1. The predicted molar refractivity (Wildman–Crippen MR) is 60.7 cm³/mol. The fraction of sp³-hybridized carbons (Fsp3) is 1.00. The van der Waals surface area contributed by atoms with Gasteiger partial charge in [0.05, 0.1) is 0 Å². The zero-order valence-corrected chi connectivity index (χ0v) is 9.84. The Balaban J connectivity index is 3.77. The van der Waals surface area contributed by atoms with Gasteiger partial charge in [0.25, 0.3) is 0 Å². The highest BCUT2D eigenvalue weighted by Crippen LogP contribution is 2.20. The molecule has 0 aliphatic rings. The fourth-order valence-corrected chi connectivity index (χ4v) is 1.92. The van der Waals surface area contributed by atoms with Crippen molar-refractivity contribution in [2.24, 2.45) is 17.6 Å². The third kappa shape index (κ3) is 6.09. The summed E-state index contributed by atoms with van der Waals surface area (Å²) < 4.78 is 0. The van der Waals surface area contributed by atoms with Gasteiger partial charge in [-0.05, 0) is 24.7 Å². The molecule has 0 bridgehead atoms. The van der Waals surface area contributed by atoms with Crippen molar-refractivity contribution in [3.63, 3.8) is 0 Å². The summed E-state index contributed by atoms with van der Waals surface area (Å²) in [5.74, 6) is 1.49. The van der Waals surface area contributed by atoms with Crippen LogP contribution in [0.1, 0.15) is 59.8 Å². The van der Waals surface area contributed by atoms with Gasteiger partial charge in [0.2, 0.25) is 0 Å². The van der Waals surface area contributed by atoms with Gasteiger partial charge in [-0.25, -0.2) is 0 Å². The zero-order valence-electron chi connectivity index (χ0n) is 9.84. The van der Waals surface area contributed by atoms with Crippen LogP contribution >= 0.6 is 0 Å². The third-order valence-electron chi connectivity index (χ3n) is 2.80. The molecule has 0 aromatic rings. The first-order valence-corrected chi connectivity index (χ1v) is 5.87. The lowest BCUT2D eigenvalue weighted by atomic mass is 9.87. The Kier molecular flexibility index (Phi) is 7.35. The molecule has 2 unspecified atom stereocenters. The van der Waals surface area contributed by atoms with E-state index in [-0.39, 0.29) is 0 Å². The van der Waals surface area contributed by atoms with Gasteiger partial charge in [-0.2, -0.15) is 0 Å². The average Bonchev–Trinajstić information content (AvgIpc) is 2.04. The summed E-state index contributed by atoms with van der Waals surface area (Å²) in [7, 11) is 0. The predicted octanol–water partition coefficient (Wildman–Crippen LogP) is 3.58. The molecule has 0 heterocycles. The molecular formula is C12H27N. The molecule has 80 valence electrons. The molecule has 0 spiro atoms. The van der Waals surface area contributed by atoms with Crippen LogP contribution in [0.4, 0.5) is 0 Å². The van der Waals surface area contributed by atoms with Crippen LogP contribution in [0.25, 0.3) is 0 Å². The average molecular weight is 185 g/mol. The maximum absolute atomic E-state index is 6.17. The second-order valence-corrected chi connectivity index (χ2v) is 4.60. The van der Waals surface area contributed by atoms with Crippen molar-refractivity contribution in [3.8, 4) is 0 Å². The Bertz CT molecular complexity index is 110. The standard InChI is InChI=1S/C12H27N/c1-5-7-8-11(6-2)12(13)9-10(3)4/h10-12H,5-9,13H2,1-4H3. The van der Waals surface area contributed by atoms with Crippen LogP contribution in [-0.2, 0) is 0 Å². The van der Waals surface area contributed by atoms with Crippen LogP contribution in [0.2, 0.25) is 0 Å². The van der Waals surface area contributed by atoms with Gasteiger partial charge >= 0.3 is 0 Å². The van der Waals surface area contributed by atoms with Gasteiger partial charge in [-0.1, -0.05) is 47.0 Å². The first kappa shape index (κ1) is 13.0. The molecule has 2 atom stereocenters. The third-order valence-corrected chi connectivity index (χ3v) is 2.80. The van der Waals surface area contributed by atoms with E-state index in [1.165, 1.54) is 32.1 Å². The van der Waals surface area contributed by atoms with Crippen molar-refractivity contribution in [1.82, 2.24) is 0 Å². The van der Waals surface area contributed by atoms with Gasteiger partial charge in [-0.3, -0.25) is 0 Å². The molecule has 0 saturated carbocycles. The molecule has 0 aromatic heterocycles. The van der Waals surface area contributed by atoms with E-state index >= 15 is 0 Å². The van der Waals surface area contributed by atoms with Gasteiger partial charge in [0.15, 0.2) is 0 Å². The summed E-state index contributed by atoms with van der Waals surface area (Å²) in [6.07, 6.45) is 6.38. The lowest BCUT2D eigenvalue weighted by Crippen LogP contribution is -2.31. The van der Waals surface area contributed by atoms with Crippen molar-refractivity contribution in [2.75, 3.05) is 0 Å². The summed E-state index contributed by atoms with van der Waals surface area (Å²) in [5, 5.41) is 0. The van der Waals surface area contributed by atoms with Crippen molar-refractivity contribution < 1.29 is 0 Å². The van der Waals surface area contributed by atoms with Crippen LogP contribution in [0, 0.1) is 11.8 Å². The number of unbranched alkanes of at least 4 members (excludes halogenated alkanes) is 1. The fourth-order valence-electron chi connectivity index (χ4n) is 1.92. The van der Waals surface area contributed by atoms with Crippen LogP contribution in [-0.4, -0.2) is 6.04 Å². The quantitative estimate of drug-likeness (QED) is 0.644. The van der Waals surface area contributed by atoms with Crippen molar-refractivity contribution in [3.05, 3.63) is 0 Å². The molecule has 0 amide bonds. The minimum absolute atomic E-state index is 0.427. The number of hydrogen-bond acceptors (Lipinski definition) is 1. The normalized spacial score (nSPS) is 16.2. The second-order valence-electron chi connectivity index (χ2n) is 4.60. The van der Waals surface area contributed by atoms with E-state index < -0.39 is 0 Å². The SMILES string of the molecule is CCCCC(CC)C(N)CC(C)C. The van der Waals surface area contributed by atoms with Gasteiger partial charge < -0.3 is 5.73 Å². The van der Waals surface area contributed by atoms with Crippen LogP contribution in [0.5, 0.6) is 0 Å². The monoisotopic (exact) mass is 185 g/mol. The Hall–Kier alpha value is -0.0400. The van der Waals surface area contributed by atoms with E-state index in [4.69, 9.17) is 5.73 Å². The molecule has 0 aromatic carbocycles. The maximum atomic E-state index is 6.17. The largest absolute Gasteiger partial charge is 0.327 e. The lowest BCUT2D eigenvalue weighted by molar-refractivity contribution is 0.328. The molecule has 2 N–H and O–H groups in total. The molecule has 0 fully saturated rings. The van der Waals surface area contributed by atoms with E-state index in [1.54, 1.807) is 0 Å². The summed E-state index contributed by atoms with van der Waals surface area (Å²) in [4.78, 5) is 0. The Morgan fingerprint density at radius 2 is 1.77 bits per heavy atom. The molecule has 13 heavy (non-hydrogen) atoms. The molecule has 0 aliphatic heterocycles. The molecule has 1 heteroatoms. The van der Waals surface area contributed by atoms with Gasteiger partial charge in [0, 0.05) is 6.04 Å². The highest BCUT2D eigenvalue weighted by molar-refractivity contribution is 4.73. The van der Waals surface area contributed by atoms with Crippen molar-refractivity contribution in [1.29, 1.82) is 0 Å². The van der Waals surface area contributed by atoms with Crippen molar-refractivity contribution >= 4 is 0 Å². The first-order valence-electron chi connectivity index (χ1n) is 5.87. The zero-order chi connectivity index (χ0) is 10.3. The smallest absolute Gasteiger partial charge is 0.00694 e. The minimum atomic E-state index is 0.427. The van der Waals surface area contributed by atoms with E-state index in [2.05, 4.69) is 27.7 Å². The minimum Gasteiger partial charge on any atom is -0.327 e. The summed E-state index contributed by atoms with van der Waals surface area (Å²) in [6.45, 7) is 9.03. The van der Waals surface area contributed by atoms with Gasteiger partial charge in [0.1, 0.15) is 0 Å². The molecule has 0 radical (unpaired) electrons. The molecule has 0 saturated heterocycles. The topological polar surface area (TPSA) is 26.0 Å². The summed E-state index contributed by atoms with van der Waals surface area (Å²) in [6, 6.07) is 0.427. The highest BCUT2D eigenvalue weighted by atomic mass is 14.6. The van der Waals surface area contributed by atoms with E-state index in [1.807, 2.05) is 0 Å². The summed E-state index contributed by atoms with van der Waals surface area (Å²) in [5.41, 5.74) is 6.17. The van der Waals surface area contributed by atoms with Gasteiger partial charge in [-0.15, -0.1) is 0 Å². The molecule has 1 nitrogen and oxygen atoms in total. The summed E-state index contributed by atoms with van der Waals surface area (Å²) >= 11 is 0. The van der Waals surface area contributed by atoms with E-state index in [0.717, 1.165) is 11.8 Å². The number of hydrogen-bond donors (Lipinski definition) is 1. The Morgan fingerprint density at radius 1 is 1.15 bits per heavy atom. The van der Waals surface area contributed by atoms with Crippen LogP contribution in [0.3, 0.4) is 0 Å². The van der Waals surface area contributed by atoms with Crippen molar-refractivity contribution in [2.45, 2.75) is 65.8 Å². The van der Waals surface area contributed by atoms with E-state index in [9.17, 15) is 0 Å². The first-order chi connectivity index (χ1) is 6.11. The molecule has 0 aliphatic carbocycles. The molecular weight excluding hydrogens is 158 g/mol. The Morgan fingerprint density at radius 3 is 2.15 bits per heavy atom. The number of rotatable bonds is 7. The van der Waals surface area contributed by atoms with Crippen LogP contribution in [0.15, 0.2) is 0 Å².